The van der Waals surface area contributed by atoms with Gasteiger partial charge in [0, 0.05) is 29.2 Å². The number of benzene rings is 2. The van der Waals surface area contributed by atoms with Crippen LogP contribution in [0.3, 0.4) is 0 Å². The van der Waals surface area contributed by atoms with E-state index in [1.54, 1.807) is 6.20 Å². The molecule has 3 aromatic rings. The van der Waals surface area contributed by atoms with Crippen LogP contribution in [0.4, 0.5) is 0 Å². The van der Waals surface area contributed by atoms with E-state index in [9.17, 15) is 18.0 Å². The third-order valence-electron chi connectivity index (χ3n) is 4.43. The van der Waals surface area contributed by atoms with Crippen molar-refractivity contribution in [3.05, 3.63) is 65.9 Å². The molecule has 29 heavy (non-hydrogen) atoms. The van der Waals surface area contributed by atoms with Crippen molar-refractivity contribution >= 4 is 32.7 Å². The number of fused-ring (bicyclic) bond motifs is 1. The molecular weight excluding hydrogens is 392 g/mol. The van der Waals surface area contributed by atoms with E-state index in [2.05, 4.69) is 9.71 Å². The van der Waals surface area contributed by atoms with E-state index in [-0.39, 0.29) is 16.2 Å². The maximum Gasteiger partial charge on any atom is 0.338 e. The van der Waals surface area contributed by atoms with Gasteiger partial charge < -0.3 is 9.72 Å². The molecule has 0 aliphatic rings. The molecule has 0 unspecified atom stereocenters. The largest absolute Gasteiger partial charge is 0.451 e. The molecule has 0 amide bonds. The Hall–Kier alpha value is -2.97. The number of carbonyl (C=O) groups is 2. The zero-order valence-electron chi connectivity index (χ0n) is 16.1. The molecule has 0 saturated heterocycles. The summed E-state index contributed by atoms with van der Waals surface area (Å²) in [7, 11) is -3.71. The van der Waals surface area contributed by atoms with Gasteiger partial charge in [-0.05, 0) is 37.6 Å². The summed E-state index contributed by atoms with van der Waals surface area (Å²) in [6.45, 7) is 3.64. The molecule has 3 rings (SSSR count). The highest BCUT2D eigenvalue weighted by Gasteiger charge is 2.24. The van der Waals surface area contributed by atoms with Crippen LogP contribution < -0.4 is 4.72 Å². The molecule has 7 nitrogen and oxygen atoms in total. The molecule has 152 valence electrons. The molecule has 0 saturated carbocycles. The highest BCUT2D eigenvalue weighted by Crippen LogP contribution is 2.20. The summed E-state index contributed by atoms with van der Waals surface area (Å²) in [6.07, 6.45) is 1.21. The van der Waals surface area contributed by atoms with Crippen LogP contribution in [0.1, 0.15) is 41.0 Å². The molecular formula is C21H22N2O5S. The average Bonchev–Trinajstić information content (AvgIpc) is 3.16. The summed E-state index contributed by atoms with van der Waals surface area (Å²) in [5, 5.41) is 0.746. The molecule has 8 heteroatoms. The van der Waals surface area contributed by atoms with Crippen LogP contribution in [0.5, 0.6) is 0 Å². The van der Waals surface area contributed by atoms with E-state index >= 15 is 0 Å². The van der Waals surface area contributed by atoms with E-state index < -0.39 is 22.1 Å². The van der Waals surface area contributed by atoms with Gasteiger partial charge in [-0.2, -0.15) is 0 Å². The zero-order chi connectivity index (χ0) is 21.0. The number of sulfonamides is 1. The van der Waals surface area contributed by atoms with Crippen molar-refractivity contribution in [1.82, 2.24) is 9.71 Å². The zero-order valence-corrected chi connectivity index (χ0v) is 17.0. The molecule has 2 aromatic carbocycles. The van der Waals surface area contributed by atoms with Gasteiger partial charge in [-0.3, -0.25) is 4.79 Å². The summed E-state index contributed by atoms with van der Waals surface area (Å²) in [5.74, 6) is -1.11. The van der Waals surface area contributed by atoms with Crippen LogP contribution in [-0.4, -0.2) is 37.8 Å². The Bertz CT molecular complexity index is 1150. The number of esters is 1. The Morgan fingerprint density at radius 1 is 1.14 bits per heavy atom. The number of aromatic nitrogens is 1. The molecule has 0 bridgehead atoms. The summed E-state index contributed by atoms with van der Waals surface area (Å²) in [4.78, 5) is 28.2. The number of rotatable bonds is 8. The van der Waals surface area contributed by atoms with E-state index in [0.29, 0.717) is 18.5 Å². The van der Waals surface area contributed by atoms with E-state index in [1.165, 1.54) is 31.2 Å². The van der Waals surface area contributed by atoms with Gasteiger partial charge in [-0.1, -0.05) is 31.2 Å². The highest BCUT2D eigenvalue weighted by atomic mass is 32.2. The van der Waals surface area contributed by atoms with Gasteiger partial charge in [0.05, 0.1) is 10.5 Å². The van der Waals surface area contributed by atoms with E-state index in [4.69, 9.17) is 4.74 Å². The van der Waals surface area contributed by atoms with Crippen molar-refractivity contribution in [2.75, 3.05) is 6.54 Å². The van der Waals surface area contributed by atoms with Crippen molar-refractivity contribution in [3.8, 4) is 0 Å². The quantitative estimate of drug-likeness (QED) is 0.435. The number of ether oxygens (including phenoxy) is 1. The molecule has 0 fully saturated rings. The first-order chi connectivity index (χ1) is 13.8. The lowest BCUT2D eigenvalue weighted by atomic mass is 10.1. The maximum atomic E-state index is 12.7. The molecule has 2 N–H and O–H groups in total. The molecule has 1 heterocycles. The van der Waals surface area contributed by atoms with Gasteiger partial charge in [-0.15, -0.1) is 0 Å². The number of ketones is 1. The van der Waals surface area contributed by atoms with Crippen molar-refractivity contribution in [1.29, 1.82) is 0 Å². The number of hydrogen-bond donors (Lipinski definition) is 2. The molecule has 1 aromatic heterocycles. The lowest BCUT2D eigenvalue weighted by Gasteiger charge is -2.13. The molecule has 1 atom stereocenters. The number of aromatic amines is 1. The van der Waals surface area contributed by atoms with Crippen LogP contribution >= 0.6 is 0 Å². The first kappa shape index (κ1) is 20.8. The number of carbonyl (C=O) groups excluding carboxylic acids is 2. The number of Topliss-reactive ketones (excluding diaryl/α,β-unsaturated/α-hetero) is 1. The van der Waals surface area contributed by atoms with E-state index in [1.807, 2.05) is 31.2 Å². The van der Waals surface area contributed by atoms with Crippen LogP contribution in [0.2, 0.25) is 0 Å². The van der Waals surface area contributed by atoms with Gasteiger partial charge in [0.15, 0.2) is 6.10 Å². The monoisotopic (exact) mass is 414 g/mol. The molecule has 0 radical (unpaired) electrons. The lowest BCUT2D eigenvalue weighted by molar-refractivity contribution is 0.0319. The van der Waals surface area contributed by atoms with Crippen molar-refractivity contribution in [2.24, 2.45) is 0 Å². The maximum absolute atomic E-state index is 12.7. The predicted molar refractivity (Wildman–Crippen MR) is 109 cm³/mol. The molecule has 0 spiro atoms. The van der Waals surface area contributed by atoms with Crippen LogP contribution in [-0.2, 0) is 14.8 Å². The van der Waals surface area contributed by atoms with Crippen molar-refractivity contribution in [3.63, 3.8) is 0 Å². The van der Waals surface area contributed by atoms with Gasteiger partial charge in [0.2, 0.25) is 15.8 Å². The average molecular weight is 414 g/mol. The minimum Gasteiger partial charge on any atom is -0.451 e. The van der Waals surface area contributed by atoms with Gasteiger partial charge in [0.25, 0.3) is 0 Å². The Kier molecular flexibility index (Phi) is 6.14. The highest BCUT2D eigenvalue weighted by molar-refractivity contribution is 7.89. The summed E-state index contributed by atoms with van der Waals surface area (Å²) in [5.41, 5.74) is 1.30. The second-order valence-corrected chi connectivity index (χ2v) is 8.35. The summed E-state index contributed by atoms with van der Waals surface area (Å²) in [6, 6.07) is 12.9. The summed E-state index contributed by atoms with van der Waals surface area (Å²) >= 11 is 0. The second-order valence-electron chi connectivity index (χ2n) is 6.59. The number of H-pyrrole nitrogens is 1. The minimum absolute atomic E-state index is 0.0315. The first-order valence-corrected chi connectivity index (χ1v) is 10.7. The lowest BCUT2D eigenvalue weighted by Crippen LogP contribution is -2.26. The first-order valence-electron chi connectivity index (χ1n) is 9.24. The normalized spacial score (nSPS) is 12.6. The molecule has 0 aliphatic heterocycles. The van der Waals surface area contributed by atoms with Gasteiger partial charge in [-0.25, -0.2) is 17.9 Å². The number of para-hydroxylation sites is 1. The topological polar surface area (TPSA) is 105 Å². The second kappa shape index (κ2) is 8.59. The third-order valence-corrected chi connectivity index (χ3v) is 5.89. The smallest absolute Gasteiger partial charge is 0.338 e. The predicted octanol–water partition coefficient (Wildman–Crippen LogP) is 3.28. The van der Waals surface area contributed by atoms with Crippen molar-refractivity contribution in [2.45, 2.75) is 31.3 Å². The fourth-order valence-corrected chi connectivity index (χ4v) is 4.07. The fourth-order valence-electron chi connectivity index (χ4n) is 2.89. The SMILES string of the molecule is CCCNS(=O)(=O)c1cccc(C(=O)O[C@H](C)C(=O)c2c[nH]c3ccccc23)c1. The van der Waals surface area contributed by atoms with Gasteiger partial charge in [0.1, 0.15) is 0 Å². The van der Waals surface area contributed by atoms with Crippen LogP contribution in [0.15, 0.2) is 59.6 Å². The Balaban J connectivity index is 1.76. The van der Waals surface area contributed by atoms with Crippen LogP contribution in [0.25, 0.3) is 10.9 Å². The van der Waals surface area contributed by atoms with Crippen molar-refractivity contribution < 1.29 is 22.7 Å². The number of hydrogen-bond acceptors (Lipinski definition) is 5. The third kappa shape index (κ3) is 4.55. The summed E-state index contributed by atoms with van der Waals surface area (Å²) < 4.78 is 32.3. The fraction of sp³-hybridized carbons (Fsp3) is 0.238. The number of nitrogens with one attached hydrogen (secondary N) is 2. The Morgan fingerprint density at radius 3 is 2.66 bits per heavy atom. The Morgan fingerprint density at radius 2 is 1.90 bits per heavy atom. The van der Waals surface area contributed by atoms with E-state index in [0.717, 1.165) is 10.9 Å². The van der Waals surface area contributed by atoms with Gasteiger partial charge >= 0.3 is 5.97 Å². The molecule has 0 aliphatic carbocycles. The van der Waals surface area contributed by atoms with Crippen LogP contribution in [0, 0.1) is 0 Å². The standard InChI is InChI=1S/C21H22N2O5S/c1-3-11-23-29(26,27)16-8-6-7-15(12-16)21(25)28-14(2)20(24)18-13-22-19-10-5-4-9-17(18)19/h4-10,12-14,22-23H,3,11H2,1-2H3/t14-/m1/s1. The minimum atomic E-state index is -3.71. The Labute approximate surface area is 169 Å².